The Labute approximate surface area is 879 Å². The summed E-state index contributed by atoms with van der Waals surface area (Å²) in [6.45, 7) is 12.2. The van der Waals surface area contributed by atoms with Gasteiger partial charge in [0.1, 0.15) is 65.6 Å². The molecule has 0 aromatic heterocycles. The molecule has 4 fully saturated rings. The molecule has 3 unspecified atom stereocenters. The topological polar surface area (TPSA) is 350 Å². The maximum Gasteiger partial charge on any atom is 0.418 e. The Morgan fingerprint density at radius 2 is 0.847 bits per heavy atom. The Kier molecular flexibility index (Phi) is 38.8. The molecule has 11 aromatic rings. The number of rotatable bonds is 24. The van der Waals surface area contributed by atoms with Crippen LogP contribution in [0, 0.1) is 45.7 Å². The molecule has 150 heavy (non-hydrogen) atoms. The number of hydrogen-bond acceptors (Lipinski definition) is 15. The highest BCUT2D eigenvalue weighted by Gasteiger charge is 2.39. The third-order valence-electron chi connectivity index (χ3n) is 30.8. The van der Waals surface area contributed by atoms with E-state index in [1.807, 2.05) is 135 Å². The lowest BCUT2D eigenvalue weighted by Gasteiger charge is -2.35. The number of carbonyl (C=O) groups is 5. The molecule has 0 saturated heterocycles. The van der Waals surface area contributed by atoms with Crippen LogP contribution >= 0.6 is 0 Å². The molecule has 4 saturated carbocycles. The molecule has 4 aliphatic carbocycles. The van der Waals surface area contributed by atoms with Crippen molar-refractivity contribution in [2.24, 2.45) is 35.1 Å². The number of allylic oxidation sites excluding steroid dienone is 2. The van der Waals surface area contributed by atoms with Crippen LogP contribution in [0.5, 0.6) is 23.0 Å². The lowest BCUT2D eigenvalue weighted by molar-refractivity contribution is -0.137. The Morgan fingerprint density at radius 1 is 0.460 bits per heavy atom. The van der Waals surface area contributed by atoms with Gasteiger partial charge in [0.15, 0.2) is 0 Å². The van der Waals surface area contributed by atoms with Gasteiger partial charge in [0, 0.05) is 37.4 Å². The standard InChI is InChI=1S/C33H34F4N4O3.C31H36N2O2.C30H34N2O3.C28H34N4O2.CH4.H3N/c34-25-10-12-28(27(19-25)33(35,36)37)40-32(43)41-15-16-44-30-18-24(9-13-29(30)41)23-7-5-22(6-8-23)21-3-1-20(2-4-21)17-26(42)11-14-31(38)39;1-3-22-9-11-23(12-10-22)24-13-15-25(16-14-24)27-17-18-28-29(19-27)35-21(2)20-33(28)31(34)30(32)26-7-5-4-6-8-26;1-2-21-8-10-22(11-9-21)23-12-14-24(15-13-23)25-16-17-28-29(18-25)35-27(20-33)19-32(28)30(34)31-26-6-4-3-5-7-26;1-3-20-4-6-21(7-5-20)22-8-10-23(11-9-22)24-12-13-26-27(16-24)34-19(2)18-32(26)28(33)31-25(17-30)14-15-29;;/h5-10,12-13,18-21H,1-4,11,14-17H2,(H3,38,39)(H,40,43);4-8,13-19,21-23,30H,3,9-12,20,32H2,1-2H3;3-7,12-18,21-22,27,33H,2,8-11,19-20H2,1H3,(H,31,34);8-17,19-21,29-30H,3-7,18H2,1-2H3,(H,31,33);1H4;1H3/b;;;25-14+,29-15?,30-17?;;/t;21?,22?,23?,30-;;;;/m.0..../s1. The number of nitrogens with one attached hydrogen (secondary N) is 6. The molecule has 0 bridgehead atoms. The van der Waals surface area contributed by atoms with E-state index < -0.39 is 41.4 Å². The lowest BCUT2D eigenvalue weighted by atomic mass is 9.76. The number of ketones is 1. The van der Waals surface area contributed by atoms with Crippen LogP contribution in [-0.2, 0) is 15.8 Å². The normalized spacial score (nSPS) is 20.8. The van der Waals surface area contributed by atoms with Gasteiger partial charge in [-0.3, -0.25) is 29.7 Å². The number of amidine groups is 1. The fourth-order valence-corrected chi connectivity index (χ4v) is 22.1. The molecule has 7 amide bonds. The van der Waals surface area contributed by atoms with Crippen molar-refractivity contribution >= 4 is 82.2 Å². The van der Waals surface area contributed by atoms with Crippen LogP contribution in [0.15, 0.2) is 260 Å². The predicted octanol–water partition coefficient (Wildman–Crippen LogP) is 28.9. The highest BCUT2D eigenvalue weighted by atomic mass is 19.4. The second kappa shape index (κ2) is 52.2. The van der Waals surface area contributed by atoms with Crippen molar-refractivity contribution < 1.29 is 65.6 Å². The van der Waals surface area contributed by atoms with E-state index in [1.54, 1.807) is 26.8 Å². The molecule has 27 heteroatoms. The molecule has 4 atom stereocenters. The summed E-state index contributed by atoms with van der Waals surface area (Å²) < 4.78 is 77.9. The molecule has 11 aromatic carbocycles. The number of urea groups is 3. The van der Waals surface area contributed by atoms with Crippen LogP contribution in [0.3, 0.4) is 0 Å². The first-order valence-electron chi connectivity index (χ1n) is 52.7. The van der Waals surface area contributed by atoms with Crippen molar-refractivity contribution in [2.75, 3.05) is 69.6 Å². The number of fused-ring (bicyclic) bond motifs is 4. The highest BCUT2D eigenvalue weighted by Crippen LogP contribution is 2.48. The first-order chi connectivity index (χ1) is 71.7. The summed E-state index contributed by atoms with van der Waals surface area (Å²) in [4.78, 5) is 70.8. The number of Topliss-reactive ketones (excluding diaryl/α,β-unsaturated/α-hetero) is 1. The summed E-state index contributed by atoms with van der Waals surface area (Å²) >= 11 is 0. The van der Waals surface area contributed by atoms with Gasteiger partial charge >= 0.3 is 24.3 Å². The zero-order valence-corrected chi connectivity index (χ0v) is 85.9. The van der Waals surface area contributed by atoms with Gasteiger partial charge < -0.3 is 73.3 Å². The van der Waals surface area contributed by atoms with E-state index in [2.05, 4.69) is 134 Å². The van der Waals surface area contributed by atoms with Crippen molar-refractivity contribution in [3.63, 3.8) is 0 Å². The third kappa shape index (κ3) is 28.3. The average molecular weight is 2040 g/mol. The minimum atomic E-state index is -4.84. The van der Waals surface area contributed by atoms with Crippen molar-refractivity contribution in [2.45, 2.75) is 238 Å². The number of aliphatic hydroxyl groups is 1. The van der Waals surface area contributed by atoms with Gasteiger partial charge in [0.2, 0.25) is 5.91 Å². The van der Waals surface area contributed by atoms with Gasteiger partial charge in [-0.15, -0.1) is 0 Å². The maximum atomic E-state index is 13.5. The van der Waals surface area contributed by atoms with E-state index in [9.17, 15) is 46.6 Å². The van der Waals surface area contributed by atoms with Crippen LogP contribution in [0.25, 0.3) is 44.5 Å². The summed E-state index contributed by atoms with van der Waals surface area (Å²) in [5.74, 6) is 7.05. The minimum absolute atomic E-state index is 0. The van der Waals surface area contributed by atoms with Crippen molar-refractivity contribution in [3.8, 4) is 67.5 Å². The second-order valence-corrected chi connectivity index (χ2v) is 40.7. The number of alkyl halides is 3. The first-order valence-corrected chi connectivity index (χ1v) is 52.7. The van der Waals surface area contributed by atoms with Crippen LogP contribution in [-0.4, -0.2) is 111 Å². The van der Waals surface area contributed by atoms with E-state index in [0.29, 0.717) is 102 Å². The fourth-order valence-electron chi connectivity index (χ4n) is 22.1. The highest BCUT2D eigenvalue weighted by molar-refractivity contribution is 6.05. The van der Waals surface area contributed by atoms with Gasteiger partial charge in [0.05, 0.1) is 78.3 Å². The Balaban J connectivity index is 0.000000158. The molecule has 4 aliphatic heterocycles. The number of para-hydroxylation sites is 1. The molecule has 0 radical (unpaired) electrons. The van der Waals surface area contributed by atoms with Crippen LogP contribution in [0.4, 0.5) is 66.1 Å². The van der Waals surface area contributed by atoms with Gasteiger partial charge in [-0.25, -0.2) is 18.8 Å². The summed E-state index contributed by atoms with van der Waals surface area (Å²) in [5, 5.41) is 39.6. The van der Waals surface area contributed by atoms with Crippen LogP contribution in [0.1, 0.15) is 246 Å². The predicted molar refractivity (Wildman–Crippen MR) is 595 cm³/mol. The third-order valence-corrected chi connectivity index (χ3v) is 30.8. The zero-order chi connectivity index (χ0) is 104. The van der Waals surface area contributed by atoms with Crippen molar-refractivity contribution in [3.05, 3.63) is 300 Å². The van der Waals surface area contributed by atoms with Gasteiger partial charge in [-0.1, -0.05) is 217 Å². The molecule has 8 aliphatic rings. The van der Waals surface area contributed by atoms with Crippen molar-refractivity contribution in [1.82, 2.24) is 11.5 Å². The van der Waals surface area contributed by atoms with E-state index in [0.717, 1.165) is 130 Å². The first kappa shape index (κ1) is 111. The summed E-state index contributed by atoms with van der Waals surface area (Å²) in [6.07, 6.45) is 22.8. The number of nitrogens with two attached hydrogens (primary N) is 2. The second-order valence-electron chi connectivity index (χ2n) is 40.7. The van der Waals surface area contributed by atoms with Crippen LogP contribution in [0.2, 0.25) is 0 Å². The van der Waals surface area contributed by atoms with Gasteiger partial charge in [-0.05, 0) is 321 Å². The molecule has 23 nitrogen and oxygen atoms in total. The lowest BCUT2D eigenvalue weighted by Crippen LogP contribution is -2.47. The zero-order valence-electron chi connectivity index (χ0n) is 85.9. The largest absolute Gasteiger partial charge is 0.490 e. The number of carbonyl (C=O) groups excluding carboxylic acids is 5. The fraction of sp³-hybridized carbons (Fsp3) is 0.382. The number of amides is 7. The van der Waals surface area contributed by atoms with E-state index in [1.165, 1.54) is 135 Å². The number of nitrogens with zero attached hydrogens (tertiary/aromatic N) is 4. The summed E-state index contributed by atoms with van der Waals surface area (Å²) in [5.41, 5.74) is 28.3. The van der Waals surface area contributed by atoms with Gasteiger partial charge in [-0.2, -0.15) is 13.2 Å². The van der Waals surface area contributed by atoms with Gasteiger partial charge in [0.25, 0.3) is 0 Å². The number of hydrogen-bond donors (Lipinski definition) is 10. The van der Waals surface area contributed by atoms with E-state index in [-0.39, 0.29) is 87.4 Å². The Morgan fingerprint density at radius 3 is 1.26 bits per heavy atom. The van der Waals surface area contributed by atoms with E-state index in [4.69, 9.17) is 46.6 Å². The number of ether oxygens (including phenoxy) is 4. The molecule has 790 valence electrons. The quantitative estimate of drug-likeness (QED) is 0.0153. The summed E-state index contributed by atoms with van der Waals surface area (Å²) in [6, 6.07) is 77.5. The summed E-state index contributed by atoms with van der Waals surface area (Å²) in [7, 11) is 0. The van der Waals surface area contributed by atoms with Crippen LogP contribution < -0.4 is 72.1 Å². The number of halogens is 4. The average Bonchev–Trinajstić information content (AvgIpc) is 0.792. The van der Waals surface area contributed by atoms with E-state index >= 15 is 0 Å². The molecule has 19 rings (SSSR count). The number of aliphatic hydroxyl groups excluding tert-OH is 1. The Hall–Kier alpha value is -14.3. The number of benzene rings is 11. The SMILES string of the molecule is C.CCC1CCC(c2ccc(-c3ccc4c(c3)OC(C)CN4C(=O)N/C(C=N)=C/C=N)cc2)CC1.CCC1CCC(c2ccc(-c3ccc4c(c3)OC(C)CN4C(=O)[C@@H](N)c3ccccc3)cc2)CC1.CCC1CCC(c2ccc(-c3ccc4c(c3)OC(CO)CN4C(=O)Nc3ccccc3)cc2)CC1.N.N=C(N)CCC(=O)CC1CCC(c2ccc(-c3ccc4c(c3)OCCN4C(=O)Nc3ccc(F)cc3C(F)(F)F)cc2)CC1. The van der Waals surface area contributed by atoms with Crippen molar-refractivity contribution in [1.29, 1.82) is 16.2 Å². The monoisotopic (exact) mass is 2040 g/mol. The molecule has 0 spiro atoms. The maximum absolute atomic E-state index is 13.5. The molecular formula is C123H145F4N13O10. The molecule has 14 N–H and O–H groups in total. The Bertz CT molecular complexity index is 6440. The minimum Gasteiger partial charge on any atom is -0.490 e. The number of anilines is 6. The molecule has 4 heterocycles. The smallest absolute Gasteiger partial charge is 0.418 e. The molecular weight excluding hydrogens is 1900 g/mol.